The zero-order chi connectivity index (χ0) is 30.6. The molecule has 0 atom stereocenters. The zero-order valence-electron chi connectivity index (χ0n) is 23.6. The van der Waals surface area contributed by atoms with Crippen LogP contribution >= 0.6 is 0 Å². The number of hydrogen-bond donors (Lipinski definition) is 2. The van der Waals surface area contributed by atoms with Crippen molar-refractivity contribution in [2.24, 2.45) is 0 Å². The maximum absolute atomic E-state index is 8.56. The van der Waals surface area contributed by atoms with Gasteiger partial charge in [-0.15, -0.1) is 0 Å². The van der Waals surface area contributed by atoms with Crippen molar-refractivity contribution in [3.8, 4) is 34.5 Å². The van der Waals surface area contributed by atoms with E-state index in [0.717, 1.165) is 34.5 Å². The summed E-state index contributed by atoms with van der Waals surface area (Å²) in [6.45, 7) is 0. The Morgan fingerprint density at radius 2 is 0.568 bits per heavy atom. The van der Waals surface area contributed by atoms with Crippen LogP contribution in [-0.4, -0.2) is 38.1 Å². The van der Waals surface area contributed by atoms with Crippen molar-refractivity contribution in [1.82, 2.24) is 0 Å². The fourth-order valence-electron chi connectivity index (χ4n) is 4.31. The summed E-state index contributed by atoms with van der Waals surface area (Å²) in [5.74, 6) is 4.99. The Hall–Kier alpha value is -5.13. The number of carbonyl (C=O) groups is 1. The van der Waals surface area contributed by atoms with E-state index in [4.69, 9.17) is 29.2 Å². The Kier molecular flexibility index (Phi) is 10.6. The van der Waals surface area contributed by atoms with E-state index in [2.05, 4.69) is 72.8 Å². The molecular weight excluding hydrogens is 749 g/mol. The molecule has 0 aromatic heterocycles. The molecule has 6 rings (SSSR count). The molecule has 7 heteroatoms. The van der Waals surface area contributed by atoms with Gasteiger partial charge in [0.1, 0.15) is 0 Å². The molecule has 0 amide bonds. The van der Waals surface area contributed by atoms with Crippen LogP contribution in [-0.2, 0) is 0 Å². The van der Waals surface area contributed by atoms with Crippen molar-refractivity contribution in [2.75, 3.05) is 0 Å². The molecule has 0 heterocycles. The summed E-state index contributed by atoms with van der Waals surface area (Å²) in [6, 6.07) is 55.4. The summed E-state index contributed by atoms with van der Waals surface area (Å²) >= 11 is -2.64. The van der Waals surface area contributed by atoms with Crippen LogP contribution in [0.2, 0.25) is 0 Å². The Balaban J connectivity index is 0.000000906. The summed E-state index contributed by atoms with van der Waals surface area (Å²) in [7, 11) is 0. The van der Waals surface area contributed by atoms with E-state index in [1.165, 1.54) is 9.81 Å². The average Bonchev–Trinajstić information content (AvgIpc) is 3.05. The van der Waals surface area contributed by atoms with Crippen molar-refractivity contribution in [3.63, 3.8) is 0 Å². The quantitative estimate of drug-likeness (QED) is 0.146. The summed E-state index contributed by atoms with van der Waals surface area (Å²) < 4.78 is 22.3. The molecule has 0 saturated heterocycles. The monoisotopic (exact) mass is 778 g/mol. The van der Waals surface area contributed by atoms with Crippen molar-refractivity contribution in [1.29, 1.82) is 0 Å². The molecule has 0 aliphatic rings. The Morgan fingerprint density at radius 3 is 0.795 bits per heavy atom. The molecule has 0 bridgehead atoms. The predicted molar refractivity (Wildman–Crippen MR) is 174 cm³/mol. The molecule has 44 heavy (non-hydrogen) atoms. The normalized spacial score (nSPS) is 10.3. The van der Waals surface area contributed by atoms with E-state index in [1.54, 1.807) is 0 Å². The van der Waals surface area contributed by atoms with Gasteiger partial charge in [-0.1, -0.05) is 0 Å². The second kappa shape index (κ2) is 15.4. The number of ether oxygens (including phenoxy) is 3. The SMILES string of the molecule is O=C(O)O.c1ccc(Oc2cc[c]([Bi]([c]3ccc(Oc4ccccc4)cc3)[c]3ccc(Oc4ccccc4)cc3)cc2)cc1. The number of carboxylic acid groups (broad SMARTS) is 2. The third-order valence-corrected chi connectivity index (χ3v) is 15.7. The fourth-order valence-corrected chi connectivity index (χ4v) is 13.0. The van der Waals surface area contributed by atoms with E-state index >= 15 is 0 Å². The van der Waals surface area contributed by atoms with E-state index < -0.39 is 27.9 Å². The van der Waals surface area contributed by atoms with Crippen molar-refractivity contribution in [2.45, 2.75) is 0 Å². The second-order valence-corrected chi connectivity index (χ2v) is 18.0. The van der Waals surface area contributed by atoms with Gasteiger partial charge in [-0.25, -0.2) is 4.79 Å². The first kappa shape index (κ1) is 30.3. The van der Waals surface area contributed by atoms with Gasteiger partial charge in [-0.3, -0.25) is 0 Å². The van der Waals surface area contributed by atoms with Gasteiger partial charge in [-0.05, 0) is 0 Å². The van der Waals surface area contributed by atoms with Crippen molar-refractivity contribution < 1.29 is 29.2 Å². The van der Waals surface area contributed by atoms with Gasteiger partial charge in [-0.2, -0.15) is 0 Å². The number of rotatable bonds is 9. The van der Waals surface area contributed by atoms with Crippen LogP contribution < -0.4 is 24.0 Å². The second-order valence-electron chi connectivity index (χ2n) is 9.35. The van der Waals surface area contributed by atoms with Gasteiger partial charge < -0.3 is 10.2 Å². The summed E-state index contributed by atoms with van der Waals surface area (Å²) in [5, 5.41) is 13.9. The van der Waals surface area contributed by atoms with Crippen LogP contribution in [0.5, 0.6) is 34.5 Å². The molecule has 6 nitrogen and oxygen atoms in total. The number of para-hydroxylation sites is 3. The molecule has 2 N–H and O–H groups in total. The first-order chi connectivity index (χ1) is 21.5. The minimum absolute atomic E-state index is 0.831. The van der Waals surface area contributed by atoms with Gasteiger partial charge in [0.25, 0.3) is 0 Å². The Labute approximate surface area is 264 Å². The van der Waals surface area contributed by atoms with Crippen molar-refractivity contribution >= 4 is 37.7 Å². The molecule has 0 fully saturated rings. The third kappa shape index (κ3) is 8.94. The first-order valence-electron chi connectivity index (χ1n) is 13.7. The molecular formula is C37H29BiO6. The number of hydrogen-bond acceptors (Lipinski definition) is 4. The van der Waals surface area contributed by atoms with E-state index in [0.29, 0.717) is 0 Å². The van der Waals surface area contributed by atoms with Gasteiger partial charge in [0.05, 0.1) is 0 Å². The summed E-state index contributed by atoms with van der Waals surface area (Å²) in [5.41, 5.74) is 0. The molecule has 0 saturated carbocycles. The number of benzene rings is 6. The molecule has 218 valence electrons. The van der Waals surface area contributed by atoms with Gasteiger partial charge >= 0.3 is 250 Å². The van der Waals surface area contributed by atoms with Gasteiger partial charge in [0.2, 0.25) is 0 Å². The van der Waals surface area contributed by atoms with Crippen LogP contribution in [0.3, 0.4) is 0 Å². The standard InChI is InChI=1S/3C12H9O.CH2O3.Bi/c3*1-3-7-11(8-4-1)13-12-9-5-2-6-10-12;2-1(3)4;/h3*1,3-10H;(H2,2,3,4);. The van der Waals surface area contributed by atoms with Gasteiger partial charge in [0.15, 0.2) is 0 Å². The maximum atomic E-state index is 8.56. The van der Waals surface area contributed by atoms with E-state index in [9.17, 15) is 0 Å². The zero-order valence-corrected chi connectivity index (χ0v) is 27.0. The fraction of sp³-hybridized carbons (Fsp3) is 0. The molecule has 6 aromatic rings. The third-order valence-electron chi connectivity index (χ3n) is 6.22. The molecule has 0 aliphatic heterocycles. The molecule has 0 spiro atoms. The van der Waals surface area contributed by atoms with Crippen molar-refractivity contribution in [3.05, 3.63) is 164 Å². The van der Waals surface area contributed by atoms with E-state index in [-0.39, 0.29) is 0 Å². The molecule has 0 unspecified atom stereocenters. The average molecular weight is 779 g/mol. The first-order valence-corrected chi connectivity index (χ1v) is 19.0. The van der Waals surface area contributed by atoms with Crippen LogP contribution in [0.1, 0.15) is 0 Å². The Bertz CT molecular complexity index is 1520. The molecule has 0 radical (unpaired) electrons. The molecule has 0 aliphatic carbocycles. The van der Waals surface area contributed by atoms with Crippen LogP contribution in [0.15, 0.2) is 164 Å². The van der Waals surface area contributed by atoms with Crippen LogP contribution in [0.25, 0.3) is 0 Å². The van der Waals surface area contributed by atoms with Gasteiger partial charge in [0, 0.05) is 0 Å². The van der Waals surface area contributed by atoms with E-state index in [1.807, 2.05) is 91.0 Å². The topological polar surface area (TPSA) is 85.2 Å². The molecule has 6 aromatic carbocycles. The predicted octanol–water partition coefficient (Wildman–Crippen LogP) is 7.80. The van der Waals surface area contributed by atoms with Crippen LogP contribution in [0, 0.1) is 0 Å². The van der Waals surface area contributed by atoms with Crippen LogP contribution in [0.4, 0.5) is 4.79 Å². The summed E-state index contributed by atoms with van der Waals surface area (Å²) in [6.07, 6.45) is -1.83. The minimum atomic E-state index is -2.64. The summed E-state index contributed by atoms with van der Waals surface area (Å²) in [4.78, 5) is 8.56. The Morgan fingerprint density at radius 1 is 0.364 bits per heavy atom.